The maximum atomic E-state index is 13.8. The monoisotopic (exact) mass is 405 g/mol. The van der Waals surface area contributed by atoms with Gasteiger partial charge >= 0.3 is 0 Å². The van der Waals surface area contributed by atoms with Gasteiger partial charge in [0.05, 0.1) is 14.2 Å². The zero-order valence-electron chi connectivity index (χ0n) is 10.8. The van der Waals surface area contributed by atoms with Crippen LogP contribution in [0.1, 0.15) is 19.2 Å². The zero-order chi connectivity index (χ0) is 14.7. The van der Waals surface area contributed by atoms with Crippen LogP contribution in [0.3, 0.4) is 0 Å². The molecule has 3 nitrogen and oxygen atoms in total. The van der Waals surface area contributed by atoms with Crippen LogP contribution in [0.4, 0.5) is 8.78 Å². The van der Waals surface area contributed by atoms with Crippen molar-refractivity contribution in [3.8, 4) is 11.4 Å². The third-order valence-electron chi connectivity index (χ3n) is 3.70. The number of benzene rings is 1. The Labute approximate surface area is 131 Å². The van der Waals surface area contributed by atoms with E-state index < -0.39 is 11.6 Å². The fourth-order valence-corrected chi connectivity index (χ4v) is 3.80. The summed E-state index contributed by atoms with van der Waals surface area (Å²) in [4.78, 5) is 4.34. The molecule has 0 radical (unpaired) electrons. The second-order valence-corrected chi connectivity index (χ2v) is 8.96. The standard InChI is InChI=1S/C13H11Br2F2N3/c1-12(6-13(12,14)15)11-18-10(19-20(11)2)9-7(16)4-3-5-8(9)17/h3-5H,6H2,1-2H3. The van der Waals surface area contributed by atoms with E-state index in [-0.39, 0.29) is 20.0 Å². The predicted octanol–water partition coefficient (Wildman–Crippen LogP) is 3.91. The largest absolute Gasteiger partial charge is 0.252 e. The van der Waals surface area contributed by atoms with Crippen LogP contribution >= 0.6 is 31.9 Å². The molecule has 0 bridgehead atoms. The Balaban J connectivity index is 2.11. The summed E-state index contributed by atoms with van der Waals surface area (Å²) in [7, 11) is 1.73. The van der Waals surface area contributed by atoms with Crippen LogP contribution in [0.2, 0.25) is 0 Å². The van der Waals surface area contributed by atoms with Crippen molar-refractivity contribution in [3.05, 3.63) is 35.7 Å². The normalized spacial score (nSPS) is 23.9. The van der Waals surface area contributed by atoms with E-state index in [9.17, 15) is 8.78 Å². The summed E-state index contributed by atoms with van der Waals surface area (Å²) in [6, 6.07) is 3.72. The highest BCUT2D eigenvalue weighted by Crippen LogP contribution is 2.66. The van der Waals surface area contributed by atoms with Crippen molar-refractivity contribution in [3.63, 3.8) is 0 Å². The van der Waals surface area contributed by atoms with Gasteiger partial charge in [-0.05, 0) is 18.6 Å². The number of aryl methyl sites for hydroxylation is 1. The molecule has 0 spiro atoms. The summed E-state index contributed by atoms with van der Waals surface area (Å²) < 4.78 is 28.9. The molecular weight excluding hydrogens is 396 g/mol. The highest BCUT2D eigenvalue weighted by Gasteiger charge is 2.65. The quantitative estimate of drug-likeness (QED) is 0.708. The molecule has 1 fully saturated rings. The Morgan fingerprint density at radius 1 is 1.25 bits per heavy atom. The number of hydrogen-bond donors (Lipinski definition) is 0. The van der Waals surface area contributed by atoms with E-state index in [1.54, 1.807) is 11.7 Å². The lowest BCUT2D eigenvalue weighted by molar-refractivity contribution is 0.587. The minimum atomic E-state index is -0.660. The molecule has 0 saturated heterocycles. The van der Waals surface area contributed by atoms with Crippen molar-refractivity contribution in [1.29, 1.82) is 0 Å². The SMILES string of the molecule is Cn1nc(-c2c(F)cccc2F)nc1C1(C)CC1(Br)Br. The first-order chi connectivity index (χ1) is 9.26. The summed E-state index contributed by atoms with van der Waals surface area (Å²) in [5.41, 5.74) is -0.442. The Morgan fingerprint density at radius 3 is 2.30 bits per heavy atom. The van der Waals surface area contributed by atoms with Crippen LogP contribution in [-0.2, 0) is 12.5 Å². The summed E-state index contributed by atoms with van der Waals surface area (Å²) in [6.07, 6.45) is 0.825. The average molecular weight is 407 g/mol. The maximum Gasteiger partial charge on any atom is 0.187 e. The van der Waals surface area contributed by atoms with Crippen molar-refractivity contribution in [2.45, 2.75) is 22.0 Å². The van der Waals surface area contributed by atoms with Gasteiger partial charge in [-0.3, -0.25) is 4.68 Å². The topological polar surface area (TPSA) is 30.7 Å². The molecule has 1 atom stereocenters. The van der Waals surface area contributed by atoms with Crippen molar-refractivity contribution < 1.29 is 8.78 Å². The summed E-state index contributed by atoms with van der Waals surface area (Å²) in [5.74, 6) is -0.565. The maximum absolute atomic E-state index is 13.8. The van der Waals surface area contributed by atoms with Crippen LogP contribution in [0.5, 0.6) is 0 Å². The zero-order valence-corrected chi connectivity index (χ0v) is 14.0. The molecule has 1 aliphatic rings. The number of nitrogens with zero attached hydrogens (tertiary/aromatic N) is 3. The van der Waals surface area contributed by atoms with Gasteiger partial charge in [0.15, 0.2) is 5.82 Å². The van der Waals surface area contributed by atoms with E-state index in [1.165, 1.54) is 18.2 Å². The lowest BCUT2D eigenvalue weighted by Gasteiger charge is -2.10. The molecule has 1 aliphatic carbocycles. The van der Waals surface area contributed by atoms with Crippen LogP contribution < -0.4 is 0 Å². The van der Waals surface area contributed by atoms with Crippen LogP contribution in [0.15, 0.2) is 18.2 Å². The van der Waals surface area contributed by atoms with Gasteiger partial charge in [0.25, 0.3) is 0 Å². The second kappa shape index (κ2) is 4.34. The molecule has 0 N–H and O–H groups in total. The smallest absolute Gasteiger partial charge is 0.187 e. The van der Waals surface area contributed by atoms with E-state index in [2.05, 4.69) is 41.9 Å². The molecule has 0 aliphatic heterocycles. The lowest BCUT2D eigenvalue weighted by atomic mass is 10.1. The first kappa shape index (κ1) is 14.1. The van der Waals surface area contributed by atoms with Crippen molar-refractivity contribution in [2.24, 2.45) is 7.05 Å². The predicted molar refractivity (Wildman–Crippen MR) is 78.9 cm³/mol. The fraction of sp³-hybridized carbons (Fsp3) is 0.385. The summed E-state index contributed by atoms with van der Waals surface area (Å²) in [5, 5.41) is 4.16. The first-order valence-corrected chi connectivity index (χ1v) is 7.58. The van der Waals surface area contributed by atoms with Gasteiger partial charge in [0.2, 0.25) is 0 Å². The van der Waals surface area contributed by atoms with Crippen LogP contribution in [0.25, 0.3) is 11.4 Å². The van der Waals surface area contributed by atoms with E-state index in [4.69, 9.17) is 0 Å². The molecule has 3 rings (SSSR count). The van der Waals surface area contributed by atoms with Crippen LogP contribution in [-0.4, -0.2) is 18.0 Å². The molecule has 7 heteroatoms. The van der Waals surface area contributed by atoms with E-state index in [1.807, 2.05) is 6.92 Å². The Kier molecular flexibility index (Phi) is 3.06. The molecule has 106 valence electrons. The molecule has 0 amide bonds. The summed E-state index contributed by atoms with van der Waals surface area (Å²) >= 11 is 7.12. The van der Waals surface area contributed by atoms with Gasteiger partial charge in [-0.2, -0.15) is 5.10 Å². The molecule has 20 heavy (non-hydrogen) atoms. The van der Waals surface area contributed by atoms with Crippen molar-refractivity contribution in [2.75, 3.05) is 0 Å². The molecule has 1 unspecified atom stereocenters. The van der Waals surface area contributed by atoms with E-state index >= 15 is 0 Å². The molecule has 1 aromatic carbocycles. The highest BCUT2D eigenvalue weighted by molar-refractivity contribution is 9.25. The van der Waals surface area contributed by atoms with Gasteiger partial charge < -0.3 is 0 Å². The average Bonchev–Trinajstić information content (AvgIpc) is 2.67. The van der Waals surface area contributed by atoms with Gasteiger partial charge in [-0.15, -0.1) is 0 Å². The number of rotatable bonds is 2. The Morgan fingerprint density at radius 2 is 1.80 bits per heavy atom. The molecule has 2 aromatic rings. The van der Waals surface area contributed by atoms with Crippen molar-refractivity contribution >= 4 is 31.9 Å². The highest BCUT2D eigenvalue weighted by atomic mass is 79.9. The third kappa shape index (κ3) is 1.94. The van der Waals surface area contributed by atoms with E-state index in [0.717, 1.165) is 6.42 Å². The third-order valence-corrected chi connectivity index (χ3v) is 6.01. The first-order valence-electron chi connectivity index (χ1n) is 6.00. The molecule has 1 saturated carbocycles. The van der Waals surface area contributed by atoms with Crippen LogP contribution in [0, 0.1) is 11.6 Å². The lowest BCUT2D eigenvalue weighted by Crippen LogP contribution is -2.15. The van der Waals surface area contributed by atoms with Gasteiger partial charge in [-0.1, -0.05) is 44.8 Å². The molecule has 1 aromatic heterocycles. The fourth-order valence-electron chi connectivity index (χ4n) is 2.32. The Hall–Kier alpha value is -0.820. The Bertz CT molecular complexity index is 679. The van der Waals surface area contributed by atoms with Crippen molar-refractivity contribution in [1.82, 2.24) is 14.8 Å². The van der Waals surface area contributed by atoms with Gasteiger partial charge in [0.1, 0.15) is 17.5 Å². The number of halogens is 4. The van der Waals surface area contributed by atoms with Gasteiger partial charge in [-0.25, -0.2) is 13.8 Å². The summed E-state index contributed by atoms with van der Waals surface area (Å²) in [6.45, 7) is 2.02. The second-order valence-electron chi connectivity index (χ2n) is 5.19. The number of alkyl halides is 2. The molecule has 1 heterocycles. The van der Waals surface area contributed by atoms with E-state index in [0.29, 0.717) is 5.82 Å². The molecular formula is C13H11Br2F2N3. The number of hydrogen-bond acceptors (Lipinski definition) is 2. The van der Waals surface area contributed by atoms with Gasteiger partial charge in [0, 0.05) is 7.05 Å². The number of aromatic nitrogens is 3. The minimum Gasteiger partial charge on any atom is -0.252 e. The minimum absolute atomic E-state index is 0.0713.